The van der Waals surface area contributed by atoms with Gasteiger partial charge in [0, 0.05) is 5.54 Å². The Balaban J connectivity index is 1.79. The van der Waals surface area contributed by atoms with Gasteiger partial charge in [0.25, 0.3) is 0 Å². The Kier molecular flexibility index (Phi) is 7.15. The summed E-state index contributed by atoms with van der Waals surface area (Å²) in [6.07, 6.45) is 10.8. The monoisotopic (exact) mass is 306 g/mol. The van der Waals surface area contributed by atoms with E-state index in [0.29, 0.717) is 11.8 Å². The maximum atomic E-state index is 5.78. The van der Waals surface area contributed by atoms with Crippen molar-refractivity contribution in [2.75, 3.05) is 6.61 Å². The molecule has 1 aliphatic rings. The topological polar surface area (TPSA) is 9.23 Å². The second kappa shape index (κ2) is 9.15. The van der Waals surface area contributed by atoms with Crippen LogP contribution in [0.15, 0.2) is 35.9 Å². The number of hydrogen-bond donors (Lipinski definition) is 0. The summed E-state index contributed by atoms with van der Waals surface area (Å²) < 4.78 is 5.78. The number of halogens is 1. The second-order valence-corrected chi connectivity index (χ2v) is 6.31. The number of hydrogen-bond acceptors (Lipinski definition) is 1. The highest BCUT2D eigenvalue weighted by Gasteiger charge is 2.20. The van der Waals surface area contributed by atoms with E-state index in [1.54, 1.807) is 5.54 Å². The summed E-state index contributed by atoms with van der Waals surface area (Å²) in [6, 6.07) is 8.76. The summed E-state index contributed by atoms with van der Waals surface area (Å²) in [5, 5.41) is 0. The van der Waals surface area contributed by atoms with Crippen molar-refractivity contribution in [2.24, 2.45) is 5.92 Å². The number of allylic oxidation sites excluding steroid dienone is 1. The molecule has 1 nitrogen and oxygen atoms in total. The maximum Gasteiger partial charge on any atom is 0.119 e. The summed E-state index contributed by atoms with van der Waals surface area (Å²) in [4.78, 5) is 0. The molecule has 0 aromatic heterocycles. The van der Waals surface area contributed by atoms with E-state index in [-0.39, 0.29) is 0 Å². The highest BCUT2D eigenvalue weighted by atomic mass is 35.5. The summed E-state index contributed by atoms with van der Waals surface area (Å²) in [5.41, 5.74) is 3.14. The molecule has 2 rings (SSSR count). The standard InChI is InChI=1S/C19H27ClO/c1-2-3-4-15-21-19-11-9-18(10-12-19)17-7-5-16(6-8-17)13-14-20/h9-14,16-17H,2-8,15H2,1H3. The van der Waals surface area contributed by atoms with Crippen LogP contribution in [0.5, 0.6) is 5.75 Å². The zero-order chi connectivity index (χ0) is 14.9. The first-order valence-electron chi connectivity index (χ1n) is 8.33. The Bertz CT molecular complexity index is 416. The Morgan fingerprint density at radius 2 is 1.81 bits per heavy atom. The Labute approximate surface area is 134 Å². The van der Waals surface area contributed by atoms with E-state index in [0.717, 1.165) is 18.8 Å². The van der Waals surface area contributed by atoms with Crippen molar-refractivity contribution in [3.63, 3.8) is 0 Å². The minimum atomic E-state index is 0.680. The van der Waals surface area contributed by atoms with Crippen molar-refractivity contribution < 1.29 is 4.74 Å². The third-order valence-electron chi connectivity index (χ3n) is 4.48. The molecule has 0 radical (unpaired) electrons. The third-order valence-corrected chi connectivity index (χ3v) is 4.63. The first-order valence-corrected chi connectivity index (χ1v) is 8.76. The van der Waals surface area contributed by atoms with Gasteiger partial charge in [0.2, 0.25) is 0 Å². The minimum absolute atomic E-state index is 0.680. The minimum Gasteiger partial charge on any atom is -0.494 e. The molecule has 0 N–H and O–H groups in total. The van der Waals surface area contributed by atoms with E-state index in [4.69, 9.17) is 16.3 Å². The van der Waals surface area contributed by atoms with Crippen molar-refractivity contribution >= 4 is 11.6 Å². The normalized spacial score (nSPS) is 22.6. The van der Waals surface area contributed by atoms with E-state index in [1.165, 1.54) is 44.1 Å². The van der Waals surface area contributed by atoms with E-state index >= 15 is 0 Å². The van der Waals surface area contributed by atoms with Gasteiger partial charge in [-0.1, -0.05) is 49.6 Å². The predicted molar refractivity (Wildman–Crippen MR) is 91.2 cm³/mol. The predicted octanol–water partition coefficient (Wildman–Crippen LogP) is 6.28. The molecule has 2 heteroatoms. The van der Waals surface area contributed by atoms with Crippen LogP contribution in [-0.4, -0.2) is 6.61 Å². The Hall–Kier alpha value is -0.950. The van der Waals surface area contributed by atoms with Crippen LogP contribution in [0, 0.1) is 5.92 Å². The fourth-order valence-electron chi connectivity index (χ4n) is 3.13. The van der Waals surface area contributed by atoms with Gasteiger partial charge in [0.05, 0.1) is 6.61 Å². The SMILES string of the molecule is CCCCCOc1ccc(C2CCC(C=CCl)CC2)cc1. The molecule has 116 valence electrons. The van der Waals surface area contributed by atoms with Gasteiger partial charge in [-0.2, -0.15) is 0 Å². The molecule has 0 amide bonds. The van der Waals surface area contributed by atoms with Crippen LogP contribution >= 0.6 is 11.6 Å². The van der Waals surface area contributed by atoms with Crippen LogP contribution in [0.25, 0.3) is 0 Å². The molecule has 21 heavy (non-hydrogen) atoms. The molecule has 1 saturated carbocycles. The highest BCUT2D eigenvalue weighted by Crippen LogP contribution is 2.36. The van der Waals surface area contributed by atoms with Gasteiger partial charge < -0.3 is 4.74 Å². The van der Waals surface area contributed by atoms with Gasteiger partial charge in [-0.25, -0.2) is 0 Å². The fraction of sp³-hybridized carbons (Fsp3) is 0.579. The molecular weight excluding hydrogens is 280 g/mol. The van der Waals surface area contributed by atoms with E-state index in [9.17, 15) is 0 Å². The number of rotatable bonds is 7. The summed E-state index contributed by atoms with van der Waals surface area (Å²) >= 11 is 5.67. The lowest BCUT2D eigenvalue weighted by Crippen LogP contribution is -2.11. The van der Waals surface area contributed by atoms with Crippen molar-refractivity contribution in [3.8, 4) is 5.75 Å². The first kappa shape index (κ1) is 16.4. The lowest BCUT2D eigenvalue weighted by molar-refractivity contribution is 0.306. The van der Waals surface area contributed by atoms with E-state index < -0.39 is 0 Å². The molecule has 0 saturated heterocycles. The van der Waals surface area contributed by atoms with Crippen molar-refractivity contribution in [1.29, 1.82) is 0 Å². The molecular formula is C19H27ClO. The third kappa shape index (κ3) is 5.39. The van der Waals surface area contributed by atoms with Crippen LogP contribution in [-0.2, 0) is 0 Å². The largest absolute Gasteiger partial charge is 0.494 e. The van der Waals surface area contributed by atoms with Gasteiger partial charge in [0.1, 0.15) is 5.75 Å². The fourth-order valence-corrected chi connectivity index (χ4v) is 3.33. The molecule has 0 aliphatic heterocycles. The molecule has 1 aromatic carbocycles. The lowest BCUT2D eigenvalue weighted by atomic mass is 9.79. The van der Waals surface area contributed by atoms with E-state index in [2.05, 4.69) is 37.3 Å². The average Bonchev–Trinajstić information content (AvgIpc) is 2.53. The quantitative estimate of drug-likeness (QED) is 0.538. The molecule has 0 bridgehead atoms. The van der Waals surface area contributed by atoms with Crippen LogP contribution < -0.4 is 4.74 Å². The lowest BCUT2D eigenvalue weighted by Gasteiger charge is -2.27. The summed E-state index contributed by atoms with van der Waals surface area (Å²) in [6.45, 7) is 3.05. The molecule has 0 atom stereocenters. The van der Waals surface area contributed by atoms with Gasteiger partial charge >= 0.3 is 0 Å². The van der Waals surface area contributed by atoms with Crippen LogP contribution in [0.3, 0.4) is 0 Å². The number of unbranched alkanes of at least 4 members (excludes halogenated alkanes) is 2. The molecule has 1 aromatic rings. The second-order valence-electron chi connectivity index (χ2n) is 6.05. The molecule has 0 spiro atoms. The zero-order valence-electron chi connectivity index (χ0n) is 13.1. The van der Waals surface area contributed by atoms with Gasteiger partial charge in [-0.3, -0.25) is 0 Å². The van der Waals surface area contributed by atoms with Gasteiger partial charge in [-0.05, 0) is 61.6 Å². The van der Waals surface area contributed by atoms with Crippen LogP contribution in [0.1, 0.15) is 63.4 Å². The number of ether oxygens (including phenoxy) is 1. The highest BCUT2D eigenvalue weighted by molar-refractivity contribution is 6.25. The Morgan fingerprint density at radius 1 is 1.10 bits per heavy atom. The summed E-state index contributed by atoms with van der Waals surface area (Å²) in [5.74, 6) is 2.40. The maximum absolute atomic E-state index is 5.78. The number of benzene rings is 1. The van der Waals surface area contributed by atoms with Crippen molar-refractivity contribution in [2.45, 2.75) is 57.8 Å². The zero-order valence-corrected chi connectivity index (χ0v) is 13.8. The van der Waals surface area contributed by atoms with E-state index in [1.807, 2.05) is 0 Å². The Morgan fingerprint density at radius 3 is 2.43 bits per heavy atom. The molecule has 0 unspecified atom stereocenters. The van der Waals surface area contributed by atoms with Crippen molar-refractivity contribution in [1.82, 2.24) is 0 Å². The van der Waals surface area contributed by atoms with Gasteiger partial charge in [-0.15, -0.1) is 0 Å². The summed E-state index contributed by atoms with van der Waals surface area (Å²) in [7, 11) is 0. The molecule has 0 heterocycles. The van der Waals surface area contributed by atoms with Gasteiger partial charge in [0.15, 0.2) is 0 Å². The first-order chi connectivity index (χ1) is 10.3. The van der Waals surface area contributed by atoms with Crippen molar-refractivity contribution in [3.05, 3.63) is 41.4 Å². The molecule has 1 aliphatic carbocycles. The van der Waals surface area contributed by atoms with Crippen LogP contribution in [0.2, 0.25) is 0 Å². The smallest absolute Gasteiger partial charge is 0.119 e. The van der Waals surface area contributed by atoms with Crippen LogP contribution in [0.4, 0.5) is 0 Å². The average molecular weight is 307 g/mol. The molecule has 1 fully saturated rings.